The molecular formula is C15H27N3O3. The molecule has 21 heavy (non-hydrogen) atoms. The molecule has 0 aromatic heterocycles. The maximum absolute atomic E-state index is 12.6. The topological polar surface area (TPSA) is 61.9 Å². The normalized spacial score (nSPS) is 24.2. The number of hydrogen-bond acceptors (Lipinski definition) is 4. The fraction of sp³-hybridized carbons (Fsp3) is 0.867. The molecule has 0 saturated carbocycles. The first-order valence-electron chi connectivity index (χ1n) is 8.03. The molecule has 120 valence electrons. The van der Waals surface area contributed by atoms with Gasteiger partial charge < -0.3 is 19.9 Å². The van der Waals surface area contributed by atoms with Crippen molar-refractivity contribution in [2.24, 2.45) is 0 Å². The zero-order valence-electron chi connectivity index (χ0n) is 13.1. The maximum atomic E-state index is 12.6. The first-order chi connectivity index (χ1) is 10.1. The molecule has 2 atom stereocenters. The Bertz CT molecular complexity index is 369. The second-order valence-electron chi connectivity index (χ2n) is 5.87. The fourth-order valence-corrected chi connectivity index (χ4v) is 2.82. The predicted octanol–water partition coefficient (Wildman–Crippen LogP) is 0.224. The number of hydrogen-bond donors (Lipinski definition) is 1. The van der Waals surface area contributed by atoms with Crippen LogP contribution in [0.5, 0.6) is 0 Å². The van der Waals surface area contributed by atoms with Crippen LogP contribution in [0.25, 0.3) is 0 Å². The smallest absolute Gasteiger partial charge is 0.245 e. The predicted molar refractivity (Wildman–Crippen MR) is 79.9 cm³/mol. The summed E-state index contributed by atoms with van der Waals surface area (Å²) in [5.41, 5.74) is 0. The minimum Gasteiger partial charge on any atom is -0.378 e. The Morgan fingerprint density at radius 1 is 1.29 bits per heavy atom. The van der Waals surface area contributed by atoms with E-state index < -0.39 is 0 Å². The molecule has 2 aliphatic heterocycles. The Labute approximate surface area is 126 Å². The van der Waals surface area contributed by atoms with Crippen molar-refractivity contribution in [3.63, 3.8) is 0 Å². The first-order valence-corrected chi connectivity index (χ1v) is 8.03. The number of rotatable bonds is 5. The lowest BCUT2D eigenvalue weighted by molar-refractivity contribution is -0.146. The van der Waals surface area contributed by atoms with Crippen LogP contribution in [0.3, 0.4) is 0 Å². The van der Waals surface area contributed by atoms with Gasteiger partial charge in [-0.15, -0.1) is 0 Å². The van der Waals surface area contributed by atoms with Crippen molar-refractivity contribution in [1.29, 1.82) is 0 Å². The molecule has 2 amide bonds. The lowest BCUT2D eigenvalue weighted by Crippen LogP contribution is -2.52. The molecule has 2 fully saturated rings. The number of carbonyl (C=O) groups is 2. The van der Waals surface area contributed by atoms with Gasteiger partial charge in [0.1, 0.15) is 6.04 Å². The van der Waals surface area contributed by atoms with Crippen molar-refractivity contribution in [2.75, 3.05) is 39.4 Å². The Hall–Kier alpha value is -1.14. The minimum absolute atomic E-state index is 0.0411. The van der Waals surface area contributed by atoms with Crippen LogP contribution in [0.4, 0.5) is 0 Å². The monoisotopic (exact) mass is 297 g/mol. The van der Waals surface area contributed by atoms with Gasteiger partial charge >= 0.3 is 0 Å². The summed E-state index contributed by atoms with van der Waals surface area (Å²) in [6.07, 6.45) is 2.69. The molecule has 2 saturated heterocycles. The molecule has 6 heteroatoms. The number of likely N-dealkylation sites (tertiary alicyclic amines) is 1. The van der Waals surface area contributed by atoms with Gasteiger partial charge in [0, 0.05) is 25.7 Å². The second kappa shape index (κ2) is 7.75. The third-order valence-corrected chi connectivity index (χ3v) is 4.40. The molecule has 0 aliphatic carbocycles. The second-order valence-corrected chi connectivity index (χ2v) is 5.87. The molecule has 2 aliphatic rings. The van der Waals surface area contributed by atoms with Gasteiger partial charge in [0.05, 0.1) is 19.8 Å². The number of amides is 2. The highest BCUT2D eigenvalue weighted by molar-refractivity contribution is 5.89. The van der Waals surface area contributed by atoms with E-state index in [9.17, 15) is 9.59 Å². The van der Waals surface area contributed by atoms with E-state index in [0.29, 0.717) is 45.4 Å². The molecule has 0 bridgehead atoms. The number of morpholine rings is 1. The minimum atomic E-state index is -0.269. The van der Waals surface area contributed by atoms with Crippen LogP contribution in [-0.2, 0) is 14.3 Å². The summed E-state index contributed by atoms with van der Waals surface area (Å²) < 4.78 is 5.28. The van der Waals surface area contributed by atoms with Gasteiger partial charge in [-0.1, -0.05) is 6.92 Å². The third-order valence-electron chi connectivity index (χ3n) is 4.40. The van der Waals surface area contributed by atoms with Crippen molar-refractivity contribution in [3.05, 3.63) is 0 Å². The van der Waals surface area contributed by atoms with Gasteiger partial charge in [-0.2, -0.15) is 0 Å². The van der Waals surface area contributed by atoms with E-state index in [2.05, 4.69) is 19.2 Å². The molecular weight excluding hydrogens is 270 g/mol. The number of ether oxygens (including phenoxy) is 1. The molecule has 0 radical (unpaired) electrons. The molecule has 2 unspecified atom stereocenters. The van der Waals surface area contributed by atoms with E-state index in [1.54, 1.807) is 4.90 Å². The molecule has 2 rings (SSSR count). The van der Waals surface area contributed by atoms with E-state index in [4.69, 9.17) is 4.74 Å². The molecule has 0 aromatic rings. The van der Waals surface area contributed by atoms with Crippen LogP contribution in [0.2, 0.25) is 0 Å². The van der Waals surface area contributed by atoms with Crippen LogP contribution >= 0.6 is 0 Å². The van der Waals surface area contributed by atoms with E-state index in [1.807, 2.05) is 4.90 Å². The zero-order chi connectivity index (χ0) is 15.2. The average molecular weight is 297 g/mol. The lowest BCUT2D eigenvalue weighted by atomic mass is 10.2. The Morgan fingerprint density at radius 2 is 2.00 bits per heavy atom. The Morgan fingerprint density at radius 3 is 2.67 bits per heavy atom. The van der Waals surface area contributed by atoms with Crippen molar-refractivity contribution in [1.82, 2.24) is 15.1 Å². The van der Waals surface area contributed by atoms with Gasteiger partial charge in [-0.05, 0) is 26.2 Å². The fourth-order valence-electron chi connectivity index (χ4n) is 2.82. The first kappa shape index (κ1) is 16.2. The van der Waals surface area contributed by atoms with E-state index in [0.717, 1.165) is 19.3 Å². The molecule has 1 N–H and O–H groups in total. The molecule has 0 aromatic carbocycles. The highest BCUT2D eigenvalue weighted by Crippen LogP contribution is 2.20. The summed E-state index contributed by atoms with van der Waals surface area (Å²) in [4.78, 5) is 28.5. The Balaban J connectivity index is 1.89. The van der Waals surface area contributed by atoms with Gasteiger partial charge in [0.15, 0.2) is 0 Å². The maximum Gasteiger partial charge on any atom is 0.245 e. The van der Waals surface area contributed by atoms with Crippen molar-refractivity contribution < 1.29 is 14.3 Å². The number of carbonyl (C=O) groups excluding carboxylic acids is 2. The highest BCUT2D eigenvalue weighted by Gasteiger charge is 2.36. The van der Waals surface area contributed by atoms with Crippen molar-refractivity contribution in [3.8, 4) is 0 Å². The van der Waals surface area contributed by atoms with Crippen LogP contribution in [0.15, 0.2) is 0 Å². The SMILES string of the molecule is CCC(C)NCC(=O)N1CCCC1C(=O)N1CCOCC1. The van der Waals surface area contributed by atoms with Crippen LogP contribution < -0.4 is 5.32 Å². The van der Waals surface area contributed by atoms with E-state index >= 15 is 0 Å². The highest BCUT2D eigenvalue weighted by atomic mass is 16.5. The van der Waals surface area contributed by atoms with Crippen LogP contribution in [0, 0.1) is 0 Å². The van der Waals surface area contributed by atoms with E-state index in [-0.39, 0.29) is 17.9 Å². The summed E-state index contributed by atoms with van der Waals surface area (Å²) >= 11 is 0. The van der Waals surface area contributed by atoms with Crippen molar-refractivity contribution in [2.45, 2.75) is 45.2 Å². The average Bonchev–Trinajstić information content (AvgIpc) is 3.01. The largest absolute Gasteiger partial charge is 0.378 e. The van der Waals surface area contributed by atoms with Gasteiger partial charge in [0.2, 0.25) is 11.8 Å². The lowest BCUT2D eigenvalue weighted by Gasteiger charge is -2.32. The van der Waals surface area contributed by atoms with Crippen LogP contribution in [0.1, 0.15) is 33.1 Å². The quantitative estimate of drug-likeness (QED) is 0.789. The van der Waals surface area contributed by atoms with Gasteiger partial charge in [-0.3, -0.25) is 9.59 Å². The van der Waals surface area contributed by atoms with E-state index in [1.165, 1.54) is 0 Å². The summed E-state index contributed by atoms with van der Waals surface area (Å²) in [6, 6.07) is 0.0549. The Kier molecular flexibility index (Phi) is 5.99. The number of nitrogens with one attached hydrogen (secondary N) is 1. The number of nitrogens with zero attached hydrogens (tertiary/aromatic N) is 2. The molecule has 0 spiro atoms. The summed E-state index contributed by atoms with van der Waals surface area (Å²) in [6.45, 7) is 7.65. The van der Waals surface area contributed by atoms with Gasteiger partial charge in [-0.25, -0.2) is 0 Å². The molecule has 2 heterocycles. The molecule has 6 nitrogen and oxygen atoms in total. The van der Waals surface area contributed by atoms with Crippen LogP contribution in [-0.4, -0.2) is 73.1 Å². The summed E-state index contributed by atoms with van der Waals surface area (Å²) in [5.74, 6) is 0.132. The zero-order valence-corrected chi connectivity index (χ0v) is 13.1. The summed E-state index contributed by atoms with van der Waals surface area (Å²) in [5, 5.41) is 3.21. The standard InChI is InChI=1S/C15H27N3O3/c1-3-12(2)16-11-14(19)18-6-4-5-13(18)15(20)17-7-9-21-10-8-17/h12-13,16H,3-11H2,1-2H3. The third kappa shape index (κ3) is 4.17. The van der Waals surface area contributed by atoms with Gasteiger partial charge in [0.25, 0.3) is 0 Å². The van der Waals surface area contributed by atoms with Crippen molar-refractivity contribution >= 4 is 11.8 Å². The summed E-state index contributed by atoms with van der Waals surface area (Å²) in [7, 11) is 0.